The number of carbonyl (C=O) groups is 2. The van der Waals surface area contributed by atoms with Crippen molar-refractivity contribution < 1.29 is 19.8 Å². The molecule has 0 fully saturated rings. The van der Waals surface area contributed by atoms with Gasteiger partial charge in [-0.3, -0.25) is 4.79 Å². The number of nitrogens with zero attached hydrogens (tertiary/aromatic N) is 1. The van der Waals surface area contributed by atoms with E-state index in [0.717, 1.165) is 11.1 Å². The number of hydrogen-bond acceptors (Lipinski definition) is 3. The van der Waals surface area contributed by atoms with Gasteiger partial charge in [0.1, 0.15) is 6.04 Å². The molecule has 0 radical (unpaired) electrons. The Morgan fingerprint density at radius 1 is 1.42 bits per heavy atom. The van der Waals surface area contributed by atoms with Crippen LogP contribution in [0.5, 0.6) is 0 Å². The first-order valence-electron chi connectivity index (χ1n) is 6.22. The molecule has 1 heterocycles. The summed E-state index contributed by atoms with van der Waals surface area (Å²) in [5, 5.41) is 18.4. The van der Waals surface area contributed by atoms with Crippen LogP contribution >= 0.6 is 0 Å². The van der Waals surface area contributed by atoms with E-state index in [2.05, 4.69) is 0 Å². The number of amides is 1. The highest BCUT2D eigenvalue weighted by molar-refractivity contribution is 6.00. The summed E-state index contributed by atoms with van der Waals surface area (Å²) in [5.41, 5.74) is 2.04. The second-order valence-electron chi connectivity index (χ2n) is 5.11. The zero-order chi connectivity index (χ0) is 14.2. The predicted octanol–water partition coefficient (Wildman–Crippen LogP) is 1.24. The van der Waals surface area contributed by atoms with Crippen LogP contribution in [-0.2, 0) is 17.9 Å². The molecule has 1 aromatic carbocycles. The number of aliphatic hydroxyl groups is 1. The van der Waals surface area contributed by atoms with Crippen molar-refractivity contribution in [1.29, 1.82) is 0 Å². The van der Waals surface area contributed by atoms with Crippen molar-refractivity contribution in [3.63, 3.8) is 0 Å². The van der Waals surface area contributed by atoms with Crippen LogP contribution in [0.3, 0.4) is 0 Å². The number of carbonyl (C=O) groups excluding carboxylic acids is 1. The highest BCUT2D eigenvalue weighted by Crippen LogP contribution is 2.28. The van der Waals surface area contributed by atoms with Crippen molar-refractivity contribution >= 4 is 11.9 Å². The molecule has 1 aromatic rings. The van der Waals surface area contributed by atoms with Crippen LogP contribution in [0.2, 0.25) is 0 Å². The third-order valence-electron chi connectivity index (χ3n) is 3.40. The van der Waals surface area contributed by atoms with Gasteiger partial charge in [0.2, 0.25) is 0 Å². The van der Waals surface area contributed by atoms with Gasteiger partial charge in [-0.25, -0.2) is 4.79 Å². The number of carboxylic acids is 1. The van der Waals surface area contributed by atoms with Crippen LogP contribution in [0, 0.1) is 5.92 Å². The molecule has 1 aliphatic rings. The minimum Gasteiger partial charge on any atom is -0.480 e. The molecule has 1 atom stereocenters. The molecule has 2 rings (SSSR count). The molecule has 0 spiro atoms. The van der Waals surface area contributed by atoms with Crippen molar-refractivity contribution in [3.05, 3.63) is 34.9 Å². The molecule has 1 amide bonds. The number of aliphatic hydroxyl groups excluding tert-OH is 1. The molecule has 0 aliphatic carbocycles. The number of aliphatic carboxylic acids is 1. The second-order valence-corrected chi connectivity index (χ2v) is 5.11. The van der Waals surface area contributed by atoms with Gasteiger partial charge in [-0.05, 0) is 23.1 Å². The lowest BCUT2D eigenvalue weighted by atomic mass is 10.0. The molecule has 2 N–H and O–H groups in total. The molecule has 0 bridgehead atoms. The Morgan fingerprint density at radius 3 is 2.63 bits per heavy atom. The van der Waals surface area contributed by atoms with Gasteiger partial charge >= 0.3 is 5.97 Å². The number of rotatable bonds is 4. The molecule has 1 aliphatic heterocycles. The smallest absolute Gasteiger partial charge is 0.326 e. The van der Waals surface area contributed by atoms with Crippen molar-refractivity contribution in [2.24, 2.45) is 5.92 Å². The first-order chi connectivity index (χ1) is 8.95. The Balaban J connectivity index is 2.34. The van der Waals surface area contributed by atoms with Crippen LogP contribution in [-0.4, -0.2) is 33.0 Å². The molecular formula is C14H17NO4. The van der Waals surface area contributed by atoms with Crippen LogP contribution < -0.4 is 0 Å². The summed E-state index contributed by atoms with van der Waals surface area (Å²) in [6, 6.07) is 4.28. The second kappa shape index (κ2) is 5.01. The van der Waals surface area contributed by atoms with Crippen molar-refractivity contribution in [1.82, 2.24) is 4.90 Å². The van der Waals surface area contributed by atoms with Crippen LogP contribution in [0.1, 0.15) is 35.3 Å². The molecule has 19 heavy (non-hydrogen) atoms. The fourth-order valence-corrected chi connectivity index (χ4v) is 2.50. The van der Waals surface area contributed by atoms with Gasteiger partial charge in [-0.15, -0.1) is 0 Å². The quantitative estimate of drug-likeness (QED) is 0.856. The SMILES string of the molecule is CC(C)[C@@H](C(=O)O)N1Cc2cc(CO)ccc2C1=O. The summed E-state index contributed by atoms with van der Waals surface area (Å²) in [4.78, 5) is 24.9. The minimum atomic E-state index is -0.987. The van der Waals surface area contributed by atoms with E-state index in [1.54, 1.807) is 32.0 Å². The Bertz CT molecular complexity index is 524. The molecule has 5 heteroatoms. The maximum Gasteiger partial charge on any atom is 0.326 e. The Labute approximate surface area is 111 Å². The third kappa shape index (κ3) is 2.33. The monoisotopic (exact) mass is 263 g/mol. The van der Waals surface area contributed by atoms with Gasteiger partial charge in [0.15, 0.2) is 0 Å². The van der Waals surface area contributed by atoms with Gasteiger partial charge in [-0.1, -0.05) is 26.0 Å². The van der Waals surface area contributed by atoms with E-state index in [1.807, 2.05) is 0 Å². The molecular weight excluding hydrogens is 246 g/mol. The Hall–Kier alpha value is -1.88. The van der Waals surface area contributed by atoms with Gasteiger partial charge in [0.25, 0.3) is 5.91 Å². The van der Waals surface area contributed by atoms with E-state index >= 15 is 0 Å². The molecule has 0 aromatic heterocycles. The van der Waals surface area contributed by atoms with Crippen LogP contribution in [0.4, 0.5) is 0 Å². The van der Waals surface area contributed by atoms with Gasteiger partial charge < -0.3 is 15.1 Å². The van der Waals surface area contributed by atoms with Gasteiger partial charge in [-0.2, -0.15) is 0 Å². The number of hydrogen-bond donors (Lipinski definition) is 2. The fourth-order valence-electron chi connectivity index (χ4n) is 2.50. The molecule has 102 valence electrons. The van der Waals surface area contributed by atoms with Crippen molar-refractivity contribution in [2.45, 2.75) is 33.0 Å². The topological polar surface area (TPSA) is 77.8 Å². The molecule has 5 nitrogen and oxygen atoms in total. The summed E-state index contributed by atoms with van der Waals surface area (Å²) in [6.07, 6.45) is 0. The largest absolute Gasteiger partial charge is 0.480 e. The van der Waals surface area contributed by atoms with Crippen LogP contribution in [0.15, 0.2) is 18.2 Å². The van der Waals surface area contributed by atoms with E-state index in [4.69, 9.17) is 5.11 Å². The lowest BCUT2D eigenvalue weighted by molar-refractivity contribution is -0.144. The average Bonchev–Trinajstić information content (AvgIpc) is 2.65. The zero-order valence-corrected chi connectivity index (χ0v) is 11.0. The highest BCUT2D eigenvalue weighted by atomic mass is 16.4. The first-order valence-corrected chi connectivity index (χ1v) is 6.22. The lowest BCUT2D eigenvalue weighted by Crippen LogP contribution is -2.44. The average molecular weight is 263 g/mol. The van der Waals surface area contributed by atoms with Crippen molar-refractivity contribution in [2.75, 3.05) is 0 Å². The van der Waals surface area contributed by atoms with E-state index in [9.17, 15) is 14.7 Å². The van der Waals surface area contributed by atoms with Crippen molar-refractivity contribution in [3.8, 4) is 0 Å². The Kier molecular flexibility index (Phi) is 3.57. The standard InChI is InChI=1S/C14H17NO4/c1-8(2)12(14(18)19)15-6-10-5-9(7-16)3-4-11(10)13(15)17/h3-5,8,12,16H,6-7H2,1-2H3,(H,18,19)/t12-/m0/s1. The minimum absolute atomic E-state index is 0.0893. The number of fused-ring (bicyclic) bond motifs is 1. The molecule has 0 saturated heterocycles. The predicted molar refractivity (Wildman–Crippen MR) is 68.5 cm³/mol. The number of carboxylic acid groups (broad SMARTS) is 1. The third-order valence-corrected chi connectivity index (χ3v) is 3.40. The summed E-state index contributed by atoms with van der Waals surface area (Å²) in [5.74, 6) is -1.40. The van der Waals surface area contributed by atoms with E-state index < -0.39 is 12.0 Å². The lowest BCUT2D eigenvalue weighted by Gasteiger charge is -2.27. The normalized spacial score (nSPS) is 15.8. The molecule has 0 unspecified atom stereocenters. The zero-order valence-electron chi connectivity index (χ0n) is 11.0. The highest BCUT2D eigenvalue weighted by Gasteiger charge is 2.37. The van der Waals surface area contributed by atoms with E-state index in [0.29, 0.717) is 5.56 Å². The fraction of sp³-hybridized carbons (Fsp3) is 0.429. The van der Waals surface area contributed by atoms with Crippen LogP contribution in [0.25, 0.3) is 0 Å². The van der Waals surface area contributed by atoms with Gasteiger partial charge in [0, 0.05) is 12.1 Å². The first kappa shape index (κ1) is 13.5. The Morgan fingerprint density at radius 2 is 2.11 bits per heavy atom. The summed E-state index contributed by atoms with van der Waals surface area (Å²) < 4.78 is 0. The summed E-state index contributed by atoms with van der Waals surface area (Å²) in [7, 11) is 0. The summed E-state index contributed by atoms with van der Waals surface area (Å²) in [6.45, 7) is 3.77. The molecule has 0 saturated carbocycles. The van der Waals surface area contributed by atoms with Gasteiger partial charge in [0.05, 0.1) is 6.61 Å². The van der Waals surface area contributed by atoms with E-state index in [-0.39, 0.29) is 25.0 Å². The maximum absolute atomic E-state index is 12.2. The maximum atomic E-state index is 12.2. The number of benzene rings is 1. The van der Waals surface area contributed by atoms with E-state index in [1.165, 1.54) is 4.90 Å². The summed E-state index contributed by atoms with van der Waals surface area (Å²) >= 11 is 0.